The van der Waals surface area contributed by atoms with Crippen LogP contribution in [0.2, 0.25) is 0 Å². The Morgan fingerprint density at radius 2 is 2.31 bits per heavy atom. The molecule has 0 amide bonds. The molecule has 5 heteroatoms. The fourth-order valence-electron chi connectivity index (χ4n) is 0.902. The highest BCUT2D eigenvalue weighted by atomic mass is 35.5. The summed E-state index contributed by atoms with van der Waals surface area (Å²) >= 11 is 6.14. The van der Waals surface area contributed by atoms with Crippen molar-refractivity contribution in [2.45, 2.75) is 24.3 Å². The summed E-state index contributed by atoms with van der Waals surface area (Å²) < 4.78 is 24.5. The summed E-state index contributed by atoms with van der Waals surface area (Å²) in [6.07, 6.45) is -1.37. The summed E-state index contributed by atoms with van der Waals surface area (Å²) in [5.74, 6) is 0. The third-order valence-corrected chi connectivity index (χ3v) is 2.65. The van der Waals surface area contributed by atoms with Crippen LogP contribution in [0.5, 0.6) is 0 Å². The first-order valence-electron chi connectivity index (χ1n) is 3.76. The Bertz CT molecular complexity index is 245. The molecule has 0 aliphatic heterocycles. The maximum absolute atomic E-state index is 12.3. The highest BCUT2D eigenvalue weighted by Gasteiger charge is 2.34. The lowest BCUT2D eigenvalue weighted by atomic mass is 10.1. The van der Waals surface area contributed by atoms with Crippen molar-refractivity contribution in [1.29, 1.82) is 0 Å². The lowest BCUT2D eigenvalue weighted by molar-refractivity contribution is -0.0440. The largest absolute Gasteiger partial charge is 0.385 e. The predicted molar refractivity (Wildman–Crippen MR) is 49.4 cm³/mol. The Hall–Kier alpha value is -0.190. The maximum Gasteiger partial charge on any atom is 0.347 e. The molecule has 0 fully saturated rings. The minimum absolute atomic E-state index is 0.0206. The molecule has 1 atom stereocenters. The zero-order valence-electron chi connectivity index (χ0n) is 6.71. The van der Waals surface area contributed by atoms with Crippen molar-refractivity contribution in [2.24, 2.45) is 0 Å². The second kappa shape index (κ2) is 4.35. The van der Waals surface area contributed by atoms with Gasteiger partial charge in [0, 0.05) is 0 Å². The molecule has 0 bridgehead atoms. The van der Waals surface area contributed by atoms with Crippen LogP contribution in [-0.2, 0) is 6.42 Å². The molecule has 0 saturated heterocycles. The molecular weight excluding hydrogens is 218 g/mol. The standard InChI is InChI=1S/C8H9ClF2OS/c9-8(10,11)7(12)2-1-6-3-4-13-5-6/h3-5,7,12H,1-2H2. The minimum Gasteiger partial charge on any atom is -0.385 e. The van der Waals surface area contributed by atoms with Gasteiger partial charge in [0.2, 0.25) is 0 Å². The number of thiophene rings is 1. The Morgan fingerprint density at radius 1 is 1.62 bits per heavy atom. The van der Waals surface area contributed by atoms with Gasteiger partial charge in [0.05, 0.1) is 0 Å². The Labute approximate surface area is 84.0 Å². The van der Waals surface area contributed by atoms with E-state index in [9.17, 15) is 8.78 Å². The van der Waals surface area contributed by atoms with E-state index in [1.807, 2.05) is 16.8 Å². The Morgan fingerprint density at radius 3 is 2.77 bits per heavy atom. The summed E-state index contributed by atoms with van der Waals surface area (Å²) in [4.78, 5) is 0. The molecule has 1 nitrogen and oxygen atoms in total. The molecule has 1 heterocycles. The van der Waals surface area contributed by atoms with Gasteiger partial charge in [0.25, 0.3) is 0 Å². The summed E-state index contributed by atoms with van der Waals surface area (Å²) in [6, 6.07) is 1.84. The highest BCUT2D eigenvalue weighted by Crippen LogP contribution is 2.26. The lowest BCUT2D eigenvalue weighted by Crippen LogP contribution is -2.27. The minimum atomic E-state index is -3.52. The first-order chi connectivity index (χ1) is 6.00. The van der Waals surface area contributed by atoms with E-state index in [0.29, 0.717) is 6.42 Å². The zero-order valence-corrected chi connectivity index (χ0v) is 8.29. The molecule has 74 valence electrons. The molecule has 1 aromatic heterocycles. The van der Waals surface area contributed by atoms with Gasteiger partial charge < -0.3 is 5.11 Å². The van der Waals surface area contributed by atoms with Gasteiger partial charge in [0.15, 0.2) is 0 Å². The van der Waals surface area contributed by atoms with Crippen molar-refractivity contribution in [3.8, 4) is 0 Å². The number of aliphatic hydroxyl groups is 1. The van der Waals surface area contributed by atoms with Gasteiger partial charge in [-0.2, -0.15) is 20.1 Å². The quantitative estimate of drug-likeness (QED) is 0.783. The van der Waals surface area contributed by atoms with E-state index >= 15 is 0 Å². The summed E-state index contributed by atoms with van der Waals surface area (Å²) in [6.45, 7) is 0. The number of halogens is 3. The van der Waals surface area contributed by atoms with Gasteiger partial charge in [-0.05, 0) is 46.8 Å². The van der Waals surface area contributed by atoms with E-state index in [4.69, 9.17) is 5.11 Å². The monoisotopic (exact) mass is 226 g/mol. The fraction of sp³-hybridized carbons (Fsp3) is 0.500. The summed E-state index contributed by atoms with van der Waals surface area (Å²) in [5.41, 5.74) is 0.949. The van der Waals surface area contributed by atoms with Crippen LogP contribution < -0.4 is 0 Å². The average Bonchev–Trinajstić information content (AvgIpc) is 2.50. The van der Waals surface area contributed by atoms with Crippen molar-refractivity contribution in [3.63, 3.8) is 0 Å². The highest BCUT2D eigenvalue weighted by molar-refractivity contribution is 7.07. The smallest absolute Gasteiger partial charge is 0.347 e. The van der Waals surface area contributed by atoms with Crippen molar-refractivity contribution < 1.29 is 13.9 Å². The van der Waals surface area contributed by atoms with Crippen molar-refractivity contribution in [1.82, 2.24) is 0 Å². The van der Waals surface area contributed by atoms with Gasteiger partial charge in [-0.1, -0.05) is 0 Å². The molecule has 13 heavy (non-hydrogen) atoms. The van der Waals surface area contributed by atoms with Crippen LogP contribution in [0, 0.1) is 0 Å². The topological polar surface area (TPSA) is 20.2 Å². The normalized spacial score (nSPS) is 14.5. The molecule has 1 rings (SSSR count). The Balaban J connectivity index is 2.35. The average molecular weight is 227 g/mol. The van der Waals surface area contributed by atoms with Crippen LogP contribution in [0.1, 0.15) is 12.0 Å². The molecular formula is C8H9ClF2OS. The molecule has 1 N–H and O–H groups in total. The second-order valence-electron chi connectivity index (χ2n) is 2.73. The molecule has 0 saturated carbocycles. The number of hydrogen-bond acceptors (Lipinski definition) is 2. The number of aryl methyl sites for hydroxylation is 1. The van der Waals surface area contributed by atoms with Crippen LogP contribution in [-0.4, -0.2) is 16.6 Å². The van der Waals surface area contributed by atoms with E-state index in [1.165, 1.54) is 11.3 Å². The second-order valence-corrected chi connectivity index (χ2v) is 4.01. The number of hydrogen-bond donors (Lipinski definition) is 1. The van der Waals surface area contributed by atoms with Crippen LogP contribution in [0.15, 0.2) is 16.8 Å². The zero-order chi connectivity index (χ0) is 9.90. The number of aliphatic hydroxyl groups excluding tert-OH is 1. The van der Waals surface area contributed by atoms with E-state index in [0.717, 1.165) is 5.56 Å². The van der Waals surface area contributed by atoms with Crippen molar-refractivity contribution >= 4 is 22.9 Å². The van der Waals surface area contributed by atoms with Crippen LogP contribution in [0.25, 0.3) is 0 Å². The molecule has 1 unspecified atom stereocenters. The van der Waals surface area contributed by atoms with Crippen molar-refractivity contribution in [2.75, 3.05) is 0 Å². The van der Waals surface area contributed by atoms with Gasteiger partial charge in [-0.3, -0.25) is 0 Å². The maximum atomic E-state index is 12.3. The summed E-state index contributed by atoms with van der Waals surface area (Å²) in [7, 11) is 0. The lowest BCUT2D eigenvalue weighted by Gasteiger charge is -2.14. The molecule has 0 aliphatic rings. The number of alkyl halides is 3. The molecule has 0 spiro atoms. The molecule has 0 aromatic carbocycles. The van der Waals surface area contributed by atoms with Gasteiger partial charge >= 0.3 is 5.38 Å². The van der Waals surface area contributed by atoms with Crippen LogP contribution >= 0.6 is 22.9 Å². The predicted octanol–water partition coefficient (Wildman–Crippen LogP) is 2.87. The van der Waals surface area contributed by atoms with E-state index < -0.39 is 11.5 Å². The van der Waals surface area contributed by atoms with Gasteiger partial charge in [-0.15, -0.1) is 0 Å². The van der Waals surface area contributed by atoms with Crippen LogP contribution in [0.3, 0.4) is 0 Å². The van der Waals surface area contributed by atoms with Gasteiger partial charge in [0.1, 0.15) is 6.10 Å². The number of rotatable bonds is 4. The molecule has 1 aromatic rings. The molecule has 0 aliphatic carbocycles. The SMILES string of the molecule is OC(CCc1ccsc1)C(F)(F)Cl. The van der Waals surface area contributed by atoms with Crippen LogP contribution in [0.4, 0.5) is 8.78 Å². The van der Waals surface area contributed by atoms with E-state index in [2.05, 4.69) is 11.6 Å². The third-order valence-electron chi connectivity index (χ3n) is 1.66. The Kier molecular flexibility index (Phi) is 3.64. The van der Waals surface area contributed by atoms with E-state index in [1.54, 1.807) is 0 Å². The van der Waals surface area contributed by atoms with E-state index in [-0.39, 0.29) is 6.42 Å². The fourth-order valence-corrected chi connectivity index (χ4v) is 1.71. The van der Waals surface area contributed by atoms with Gasteiger partial charge in [-0.25, -0.2) is 0 Å². The third kappa shape index (κ3) is 3.58. The van der Waals surface area contributed by atoms with Crippen molar-refractivity contribution in [3.05, 3.63) is 22.4 Å². The summed E-state index contributed by atoms with van der Waals surface area (Å²) in [5, 5.41) is 9.11. The first kappa shape index (κ1) is 10.9. The first-order valence-corrected chi connectivity index (χ1v) is 5.08. The molecule has 0 radical (unpaired) electrons.